The van der Waals surface area contributed by atoms with Crippen LogP contribution in [0.15, 0.2) is 38.6 Å². The molecule has 0 radical (unpaired) electrons. The van der Waals surface area contributed by atoms with Crippen molar-refractivity contribution in [1.82, 2.24) is 0 Å². The lowest BCUT2D eigenvalue weighted by Crippen LogP contribution is -2.12. The number of fused-ring (bicyclic) bond motifs is 1. The van der Waals surface area contributed by atoms with Gasteiger partial charge in [-0.25, -0.2) is 0 Å². The van der Waals surface area contributed by atoms with Crippen molar-refractivity contribution in [3.8, 4) is 0 Å². The molecule has 0 saturated carbocycles. The van der Waals surface area contributed by atoms with Crippen molar-refractivity contribution in [2.75, 3.05) is 0 Å². The van der Waals surface area contributed by atoms with Gasteiger partial charge in [0.15, 0.2) is 5.09 Å². The summed E-state index contributed by atoms with van der Waals surface area (Å²) in [6, 6.07) is 6.59. The summed E-state index contributed by atoms with van der Waals surface area (Å²) in [6.45, 7) is 0. The molecule has 0 aliphatic rings. The molecule has 0 spiro atoms. The summed E-state index contributed by atoms with van der Waals surface area (Å²) in [5, 5.41) is -0.600. The van der Waals surface area contributed by atoms with Gasteiger partial charge in [-0.2, -0.15) is 0 Å². The Balaban J connectivity index is 2.97. The fraction of sp³-hybridized carbons (Fsp3) is 0. The Morgan fingerprint density at radius 3 is 2.67 bits per heavy atom. The monoisotopic (exact) mass is 240 g/mol. The summed E-state index contributed by atoms with van der Waals surface area (Å²) < 4.78 is 5.19. The number of benzene rings is 1. The molecule has 0 aliphatic carbocycles. The van der Waals surface area contributed by atoms with Crippen LogP contribution in [0.25, 0.3) is 11.0 Å². The van der Waals surface area contributed by atoms with E-state index in [4.69, 9.17) is 16.0 Å². The van der Waals surface area contributed by atoms with E-state index in [-0.39, 0.29) is 10.7 Å². The van der Waals surface area contributed by atoms with Gasteiger partial charge < -0.3 is 4.42 Å². The topological polar surface area (TPSA) is 47.3 Å². The second-order valence-corrected chi connectivity index (χ2v) is 3.63. The summed E-state index contributed by atoms with van der Waals surface area (Å²) in [5.41, 5.74) is -0.297. The van der Waals surface area contributed by atoms with Crippen molar-refractivity contribution in [1.29, 1.82) is 0 Å². The molecule has 0 amide bonds. The van der Waals surface area contributed by atoms with Gasteiger partial charge >= 0.3 is 0 Å². The Morgan fingerprint density at radius 2 is 2.00 bits per heavy atom. The third-order valence-corrected chi connectivity index (χ3v) is 2.48. The second-order valence-electron chi connectivity index (χ2n) is 2.88. The molecule has 2 aromatic rings. The van der Waals surface area contributed by atoms with Crippen molar-refractivity contribution in [2.24, 2.45) is 0 Å². The molecule has 3 nitrogen and oxygen atoms in total. The standard InChI is InChI=1S/C10H5ClO3S/c11-9(13)7-8(12)5-3-1-2-4-6(5)14-10(7)15/h1-4,15H. The van der Waals surface area contributed by atoms with Gasteiger partial charge in [0.05, 0.1) is 5.39 Å². The van der Waals surface area contributed by atoms with Crippen molar-refractivity contribution < 1.29 is 9.21 Å². The number of halogens is 1. The zero-order chi connectivity index (χ0) is 11.0. The van der Waals surface area contributed by atoms with E-state index in [0.717, 1.165) is 0 Å². The summed E-state index contributed by atoms with van der Waals surface area (Å²) >= 11 is 9.18. The fourth-order valence-corrected chi connectivity index (χ4v) is 1.84. The third kappa shape index (κ3) is 1.66. The molecular formula is C10H5ClO3S. The summed E-state index contributed by atoms with van der Waals surface area (Å²) in [5.74, 6) is 0. The van der Waals surface area contributed by atoms with Gasteiger partial charge in [0.1, 0.15) is 11.1 Å². The van der Waals surface area contributed by atoms with E-state index in [1.807, 2.05) is 0 Å². The van der Waals surface area contributed by atoms with Gasteiger partial charge in [-0.15, -0.1) is 12.6 Å². The first-order valence-electron chi connectivity index (χ1n) is 4.06. The smallest absolute Gasteiger partial charge is 0.260 e. The second kappa shape index (κ2) is 3.72. The highest BCUT2D eigenvalue weighted by Crippen LogP contribution is 2.19. The maximum absolute atomic E-state index is 11.8. The van der Waals surface area contributed by atoms with E-state index in [1.54, 1.807) is 24.3 Å². The average molecular weight is 241 g/mol. The van der Waals surface area contributed by atoms with Gasteiger partial charge in [-0.1, -0.05) is 12.1 Å². The number of carbonyl (C=O) groups excluding carboxylic acids is 1. The van der Waals surface area contributed by atoms with Crippen LogP contribution in [0.4, 0.5) is 0 Å². The van der Waals surface area contributed by atoms with Crippen LogP contribution in [-0.4, -0.2) is 5.24 Å². The highest BCUT2D eigenvalue weighted by molar-refractivity contribution is 7.80. The molecule has 76 valence electrons. The normalized spacial score (nSPS) is 10.5. The zero-order valence-electron chi connectivity index (χ0n) is 7.36. The van der Waals surface area contributed by atoms with Crippen LogP contribution in [-0.2, 0) is 0 Å². The molecule has 5 heteroatoms. The van der Waals surface area contributed by atoms with Crippen molar-refractivity contribution in [3.05, 3.63) is 40.1 Å². The van der Waals surface area contributed by atoms with Crippen LogP contribution in [0, 0.1) is 0 Å². The summed E-state index contributed by atoms with van der Waals surface area (Å²) in [7, 11) is 0. The van der Waals surface area contributed by atoms with Crippen LogP contribution in [0.2, 0.25) is 0 Å². The van der Waals surface area contributed by atoms with Crippen LogP contribution in [0.1, 0.15) is 10.4 Å². The van der Waals surface area contributed by atoms with Gasteiger partial charge in [0.25, 0.3) is 5.24 Å². The summed E-state index contributed by atoms with van der Waals surface area (Å²) in [6.07, 6.45) is 0. The predicted octanol–water partition coefficient (Wildman–Crippen LogP) is 2.46. The molecule has 0 atom stereocenters. The molecule has 1 aromatic carbocycles. The van der Waals surface area contributed by atoms with Crippen molar-refractivity contribution in [3.63, 3.8) is 0 Å². The molecular weight excluding hydrogens is 236 g/mol. The minimum absolute atomic E-state index is 0.0568. The Morgan fingerprint density at radius 1 is 1.33 bits per heavy atom. The summed E-state index contributed by atoms with van der Waals surface area (Å²) in [4.78, 5) is 22.8. The number of rotatable bonds is 1. The minimum Gasteiger partial charge on any atom is -0.449 e. The maximum atomic E-state index is 11.8. The Bertz CT molecular complexity index is 603. The largest absolute Gasteiger partial charge is 0.449 e. The zero-order valence-corrected chi connectivity index (χ0v) is 9.01. The molecule has 0 bridgehead atoms. The molecule has 0 saturated heterocycles. The molecule has 0 N–H and O–H groups in total. The van der Waals surface area contributed by atoms with Crippen LogP contribution in [0.5, 0.6) is 0 Å². The first-order chi connectivity index (χ1) is 7.11. The molecule has 15 heavy (non-hydrogen) atoms. The third-order valence-electron chi connectivity index (χ3n) is 1.98. The molecule has 2 rings (SSSR count). The average Bonchev–Trinajstić information content (AvgIpc) is 2.17. The van der Waals surface area contributed by atoms with E-state index in [1.165, 1.54) is 0 Å². The predicted molar refractivity (Wildman–Crippen MR) is 59.9 cm³/mol. The van der Waals surface area contributed by atoms with Crippen LogP contribution in [0.3, 0.4) is 0 Å². The van der Waals surface area contributed by atoms with Gasteiger partial charge in [-0.3, -0.25) is 9.59 Å². The SMILES string of the molecule is O=C(Cl)c1c(S)oc2ccccc2c1=O. The van der Waals surface area contributed by atoms with Crippen LogP contribution >= 0.6 is 24.2 Å². The maximum Gasteiger partial charge on any atom is 0.260 e. The van der Waals surface area contributed by atoms with Crippen molar-refractivity contribution in [2.45, 2.75) is 5.09 Å². The lowest BCUT2D eigenvalue weighted by atomic mass is 10.2. The fourth-order valence-electron chi connectivity index (χ4n) is 1.30. The Kier molecular flexibility index (Phi) is 2.54. The number of thiol groups is 1. The quantitative estimate of drug-likeness (QED) is 0.615. The highest BCUT2D eigenvalue weighted by atomic mass is 35.5. The Labute approximate surface area is 95.1 Å². The lowest BCUT2D eigenvalue weighted by molar-refractivity contribution is 0.107. The number of carbonyl (C=O) groups is 1. The molecule has 1 aromatic heterocycles. The lowest BCUT2D eigenvalue weighted by Gasteiger charge is -2.01. The molecule has 0 fully saturated rings. The van der Waals surface area contributed by atoms with E-state index in [0.29, 0.717) is 11.0 Å². The molecule has 0 aliphatic heterocycles. The van der Waals surface area contributed by atoms with Gasteiger partial charge in [-0.05, 0) is 23.7 Å². The van der Waals surface area contributed by atoms with Crippen LogP contribution < -0.4 is 5.43 Å². The first-order valence-corrected chi connectivity index (χ1v) is 4.88. The van der Waals surface area contributed by atoms with E-state index >= 15 is 0 Å². The number of para-hydroxylation sites is 1. The molecule has 1 heterocycles. The van der Waals surface area contributed by atoms with E-state index < -0.39 is 10.7 Å². The van der Waals surface area contributed by atoms with Gasteiger partial charge in [0.2, 0.25) is 5.43 Å². The number of hydrogen-bond donors (Lipinski definition) is 1. The molecule has 0 unspecified atom stereocenters. The van der Waals surface area contributed by atoms with E-state index in [2.05, 4.69) is 12.6 Å². The van der Waals surface area contributed by atoms with E-state index in [9.17, 15) is 9.59 Å². The highest BCUT2D eigenvalue weighted by Gasteiger charge is 2.16. The first kappa shape index (κ1) is 10.3. The number of hydrogen-bond acceptors (Lipinski definition) is 4. The van der Waals surface area contributed by atoms with Crippen molar-refractivity contribution >= 4 is 40.4 Å². The minimum atomic E-state index is -0.862. The Hall–Kier alpha value is -1.26. The van der Waals surface area contributed by atoms with Gasteiger partial charge in [0, 0.05) is 0 Å².